The summed E-state index contributed by atoms with van der Waals surface area (Å²) in [7, 11) is 0. The zero-order valence-electron chi connectivity index (χ0n) is 15.1. The highest BCUT2D eigenvalue weighted by atomic mass is 16.5. The summed E-state index contributed by atoms with van der Waals surface area (Å²) in [5.74, 6) is -0.860. The zero-order valence-corrected chi connectivity index (χ0v) is 15.1. The second-order valence-electron chi connectivity index (χ2n) is 5.96. The molecule has 1 rings (SSSR count). The summed E-state index contributed by atoms with van der Waals surface area (Å²) < 4.78 is 4.97. The summed E-state index contributed by atoms with van der Waals surface area (Å²) in [6.45, 7) is 6.43. The van der Waals surface area contributed by atoms with Crippen molar-refractivity contribution in [3.63, 3.8) is 0 Å². The fourth-order valence-corrected chi connectivity index (χ4v) is 1.92. The van der Waals surface area contributed by atoms with Gasteiger partial charge in [-0.05, 0) is 38.0 Å². The summed E-state index contributed by atoms with van der Waals surface area (Å²) in [5, 5.41) is 8.13. The fourth-order valence-electron chi connectivity index (χ4n) is 1.92. The molecule has 0 aliphatic heterocycles. The lowest BCUT2D eigenvalue weighted by Crippen LogP contribution is -2.39. The predicted molar refractivity (Wildman–Crippen MR) is 95.1 cm³/mol. The van der Waals surface area contributed by atoms with Gasteiger partial charge in [-0.15, -0.1) is 0 Å². The van der Waals surface area contributed by atoms with E-state index in [1.807, 2.05) is 20.8 Å². The molecular weight excluding hydrogens is 322 g/mol. The number of esters is 1. The van der Waals surface area contributed by atoms with Crippen molar-refractivity contribution >= 4 is 17.9 Å². The standard InChI is InChI=1S/C18H27N3O4/c1-4-5-10-19-16(22)12-25-17(23)15-8-6-14(7-9-15)11-20-18(24)21-13(2)3/h6-9,13H,4-5,10-12H2,1-3H3,(H,19,22)(H2,20,21,24). The molecule has 0 heterocycles. The van der Waals surface area contributed by atoms with E-state index in [1.54, 1.807) is 24.3 Å². The molecule has 1 aromatic carbocycles. The quantitative estimate of drug-likeness (QED) is 0.469. The van der Waals surface area contributed by atoms with Gasteiger partial charge in [0, 0.05) is 19.1 Å². The van der Waals surface area contributed by atoms with Crippen LogP contribution in [0.15, 0.2) is 24.3 Å². The van der Waals surface area contributed by atoms with Crippen LogP contribution in [-0.4, -0.2) is 37.1 Å². The number of carbonyl (C=O) groups is 3. The van der Waals surface area contributed by atoms with E-state index < -0.39 is 5.97 Å². The van der Waals surface area contributed by atoms with Crippen LogP contribution in [0.25, 0.3) is 0 Å². The van der Waals surface area contributed by atoms with Crippen LogP contribution >= 0.6 is 0 Å². The van der Waals surface area contributed by atoms with Gasteiger partial charge in [-0.25, -0.2) is 9.59 Å². The molecule has 0 unspecified atom stereocenters. The number of hydrogen-bond donors (Lipinski definition) is 3. The second-order valence-corrected chi connectivity index (χ2v) is 5.96. The van der Waals surface area contributed by atoms with Crippen LogP contribution in [0.3, 0.4) is 0 Å². The highest BCUT2D eigenvalue weighted by molar-refractivity contribution is 5.91. The van der Waals surface area contributed by atoms with Gasteiger partial charge in [0.2, 0.25) is 0 Å². The Morgan fingerprint density at radius 1 is 1.08 bits per heavy atom. The molecule has 3 amide bonds. The largest absolute Gasteiger partial charge is 0.452 e. The molecule has 1 aromatic rings. The van der Waals surface area contributed by atoms with Crippen molar-refractivity contribution in [2.75, 3.05) is 13.2 Å². The molecule has 0 aliphatic rings. The number of unbranched alkanes of at least 4 members (excludes halogenated alkanes) is 1. The van der Waals surface area contributed by atoms with Gasteiger partial charge in [-0.1, -0.05) is 25.5 Å². The minimum absolute atomic E-state index is 0.0660. The highest BCUT2D eigenvalue weighted by Gasteiger charge is 2.10. The summed E-state index contributed by atoms with van der Waals surface area (Å²) in [4.78, 5) is 34.9. The minimum Gasteiger partial charge on any atom is -0.452 e. The smallest absolute Gasteiger partial charge is 0.338 e. The maximum atomic E-state index is 11.9. The lowest BCUT2D eigenvalue weighted by molar-refractivity contribution is -0.124. The van der Waals surface area contributed by atoms with Gasteiger partial charge in [0.15, 0.2) is 6.61 Å². The van der Waals surface area contributed by atoms with E-state index in [0.29, 0.717) is 18.7 Å². The molecule has 3 N–H and O–H groups in total. The van der Waals surface area contributed by atoms with E-state index in [-0.39, 0.29) is 24.6 Å². The van der Waals surface area contributed by atoms with Crippen molar-refractivity contribution in [2.45, 2.75) is 46.2 Å². The van der Waals surface area contributed by atoms with Crippen LogP contribution in [0.4, 0.5) is 4.79 Å². The first-order valence-electron chi connectivity index (χ1n) is 8.49. The molecule has 138 valence electrons. The van der Waals surface area contributed by atoms with Crippen LogP contribution in [-0.2, 0) is 16.1 Å². The van der Waals surface area contributed by atoms with E-state index in [4.69, 9.17) is 4.74 Å². The molecular formula is C18H27N3O4. The molecule has 0 saturated heterocycles. The first-order chi connectivity index (χ1) is 11.9. The van der Waals surface area contributed by atoms with E-state index in [1.165, 1.54) is 0 Å². The average Bonchev–Trinajstić information content (AvgIpc) is 2.58. The van der Waals surface area contributed by atoms with Crippen molar-refractivity contribution in [2.24, 2.45) is 0 Å². The van der Waals surface area contributed by atoms with Crippen LogP contribution in [0.5, 0.6) is 0 Å². The summed E-state index contributed by atoms with van der Waals surface area (Å²) in [6, 6.07) is 6.49. The number of hydrogen-bond acceptors (Lipinski definition) is 4. The van der Waals surface area contributed by atoms with Crippen molar-refractivity contribution in [3.8, 4) is 0 Å². The molecule has 7 heteroatoms. The first-order valence-corrected chi connectivity index (χ1v) is 8.49. The van der Waals surface area contributed by atoms with Crippen LogP contribution in [0.1, 0.15) is 49.5 Å². The maximum absolute atomic E-state index is 11.9. The molecule has 0 radical (unpaired) electrons. The van der Waals surface area contributed by atoms with Crippen molar-refractivity contribution in [1.82, 2.24) is 16.0 Å². The number of amides is 3. The molecule has 25 heavy (non-hydrogen) atoms. The van der Waals surface area contributed by atoms with E-state index in [2.05, 4.69) is 16.0 Å². The average molecular weight is 349 g/mol. The Morgan fingerprint density at radius 2 is 1.76 bits per heavy atom. The van der Waals surface area contributed by atoms with Gasteiger partial charge in [-0.2, -0.15) is 0 Å². The Kier molecular flexibility index (Phi) is 9.06. The summed E-state index contributed by atoms with van der Waals surface area (Å²) in [6.07, 6.45) is 1.88. The Bertz CT molecular complexity index is 570. The Balaban J connectivity index is 2.38. The number of nitrogens with one attached hydrogen (secondary N) is 3. The lowest BCUT2D eigenvalue weighted by Gasteiger charge is -2.10. The second kappa shape index (κ2) is 11.1. The van der Waals surface area contributed by atoms with Gasteiger partial charge in [-0.3, -0.25) is 4.79 Å². The molecule has 0 spiro atoms. The van der Waals surface area contributed by atoms with Gasteiger partial charge < -0.3 is 20.7 Å². The van der Waals surface area contributed by atoms with Crippen LogP contribution < -0.4 is 16.0 Å². The monoisotopic (exact) mass is 349 g/mol. The van der Waals surface area contributed by atoms with E-state index in [0.717, 1.165) is 18.4 Å². The Labute approximate surface area is 148 Å². The number of urea groups is 1. The van der Waals surface area contributed by atoms with Crippen LogP contribution in [0, 0.1) is 0 Å². The Morgan fingerprint density at radius 3 is 2.36 bits per heavy atom. The minimum atomic E-state index is -0.553. The predicted octanol–water partition coefficient (Wildman–Crippen LogP) is 1.97. The van der Waals surface area contributed by atoms with Gasteiger partial charge in [0.25, 0.3) is 5.91 Å². The summed E-state index contributed by atoms with van der Waals surface area (Å²) in [5.41, 5.74) is 1.21. The fraction of sp³-hybridized carbons (Fsp3) is 0.500. The number of rotatable bonds is 9. The molecule has 0 aliphatic carbocycles. The SMILES string of the molecule is CCCCNC(=O)COC(=O)c1ccc(CNC(=O)NC(C)C)cc1. The number of carbonyl (C=O) groups excluding carboxylic acids is 3. The first kappa shape index (κ1) is 20.5. The van der Waals surface area contributed by atoms with Crippen molar-refractivity contribution in [3.05, 3.63) is 35.4 Å². The molecule has 0 saturated carbocycles. The third-order valence-electron chi connectivity index (χ3n) is 3.25. The van der Waals surface area contributed by atoms with Crippen LogP contribution in [0.2, 0.25) is 0 Å². The maximum Gasteiger partial charge on any atom is 0.338 e. The molecule has 0 atom stereocenters. The topological polar surface area (TPSA) is 96.5 Å². The van der Waals surface area contributed by atoms with Gasteiger partial charge in [0.1, 0.15) is 0 Å². The number of ether oxygens (including phenoxy) is 1. The summed E-state index contributed by atoms with van der Waals surface area (Å²) >= 11 is 0. The molecule has 0 fully saturated rings. The van der Waals surface area contributed by atoms with Crippen molar-refractivity contribution < 1.29 is 19.1 Å². The normalized spacial score (nSPS) is 10.2. The van der Waals surface area contributed by atoms with E-state index >= 15 is 0 Å². The molecule has 7 nitrogen and oxygen atoms in total. The van der Waals surface area contributed by atoms with Gasteiger partial charge >= 0.3 is 12.0 Å². The van der Waals surface area contributed by atoms with Gasteiger partial charge in [0.05, 0.1) is 5.56 Å². The third kappa shape index (κ3) is 8.74. The highest BCUT2D eigenvalue weighted by Crippen LogP contribution is 2.06. The lowest BCUT2D eigenvalue weighted by atomic mass is 10.1. The number of benzene rings is 1. The molecule has 0 bridgehead atoms. The molecule has 0 aromatic heterocycles. The Hall–Kier alpha value is -2.57. The van der Waals surface area contributed by atoms with E-state index in [9.17, 15) is 14.4 Å². The third-order valence-corrected chi connectivity index (χ3v) is 3.25. The zero-order chi connectivity index (χ0) is 18.7. The van der Waals surface area contributed by atoms with Crippen molar-refractivity contribution in [1.29, 1.82) is 0 Å².